The van der Waals surface area contributed by atoms with Crippen LogP contribution in [0.25, 0.3) is 0 Å². The van der Waals surface area contributed by atoms with Crippen molar-refractivity contribution in [3.8, 4) is 0 Å². The number of nitrogens with zero attached hydrogens (tertiary/aromatic N) is 1. The fourth-order valence-electron chi connectivity index (χ4n) is 2.99. The highest BCUT2D eigenvalue weighted by molar-refractivity contribution is 4.92. The third kappa shape index (κ3) is 4.23. The summed E-state index contributed by atoms with van der Waals surface area (Å²) in [5.41, 5.74) is 6.33. The Balaban J connectivity index is 2.53. The third-order valence-corrected chi connectivity index (χ3v) is 4.47. The van der Waals surface area contributed by atoms with E-state index in [2.05, 4.69) is 18.9 Å². The summed E-state index contributed by atoms with van der Waals surface area (Å²) in [4.78, 5) is 2.49. The lowest BCUT2D eigenvalue weighted by atomic mass is 9.88. The summed E-state index contributed by atoms with van der Waals surface area (Å²) >= 11 is 0. The van der Waals surface area contributed by atoms with E-state index < -0.39 is 0 Å². The van der Waals surface area contributed by atoms with Crippen LogP contribution in [0.3, 0.4) is 0 Å². The van der Waals surface area contributed by atoms with E-state index in [1.165, 1.54) is 32.1 Å². The monoisotopic (exact) mass is 242 g/mol. The molecule has 3 nitrogen and oxygen atoms in total. The SMILES string of the molecule is COCCCN(C)C1(CN)CCCC(C)CC1. The molecule has 1 aliphatic rings. The molecule has 0 amide bonds. The van der Waals surface area contributed by atoms with Crippen LogP contribution in [-0.2, 0) is 4.74 Å². The van der Waals surface area contributed by atoms with Gasteiger partial charge in [0.25, 0.3) is 0 Å². The number of hydrogen-bond acceptors (Lipinski definition) is 3. The van der Waals surface area contributed by atoms with Gasteiger partial charge in [0, 0.05) is 32.3 Å². The van der Waals surface area contributed by atoms with Crippen molar-refractivity contribution in [2.24, 2.45) is 11.7 Å². The molecule has 0 aliphatic heterocycles. The van der Waals surface area contributed by atoms with Crippen LogP contribution in [0.2, 0.25) is 0 Å². The number of nitrogens with two attached hydrogens (primary N) is 1. The Labute approximate surface area is 107 Å². The van der Waals surface area contributed by atoms with Crippen LogP contribution in [-0.4, -0.2) is 44.3 Å². The average molecular weight is 242 g/mol. The molecule has 2 N–H and O–H groups in total. The standard InChI is InChI=1S/C14H30N2O/c1-13-6-4-8-14(12-15,9-7-13)16(2)10-5-11-17-3/h13H,4-12,15H2,1-3H3. The van der Waals surface area contributed by atoms with E-state index in [1.54, 1.807) is 7.11 Å². The Bertz CT molecular complexity index is 210. The van der Waals surface area contributed by atoms with Crippen molar-refractivity contribution >= 4 is 0 Å². The lowest BCUT2D eigenvalue weighted by Crippen LogP contribution is -2.52. The van der Waals surface area contributed by atoms with Crippen molar-refractivity contribution in [3.05, 3.63) is 0 Å². The van der Waals surface area contributed by atoms with Crippen molar-refractivity contribution in [2.45, 2.75) is 51.0 Å². The minimum absolute atomic E-state index is 0.249. The summed E-state index contributed by atoms with van der Waals surface area (Å²) in [6.07, 6.45) is 7.64. The highest BCUT2D eigenvalue weighted by Crippen LogP contribution is 2.33. The highest BCUT2D eigenvalue weighted by Gasteiger charge is 2.34. The van der Waals surface area contributed by atoms with E-state index in [4.69, 9.17) is 10.5 Å². The van der Waals surface area contributed by atoms with Crippen molar-refractivity contribution in [2.75, 3.05) is 33.9 Å². The van der Waals surface area contributed by atoms with E-state index in [-0.39, 0.29) is 5.54 Å². The minimum Gasteiger partial charge on any atom is -0.385 e. The van der Waals surface area contributed by atoms with Gasteiger partial charge in [-0.1, -0.05) is 19.8 Å². The zero-order valence-electron chi connectivity index (χ0n) is 11.9. The van der Waals surface area contributed by atoms with Gasteiger partial charge in [-0.3, -0.25) is 4.90 Å². The van der Waals surface area contributed by atoms with Gasteiger partial charge in [-0.05, 0) is 38.6 Å². The first-order chi connectivity index (χ1) is 8.14. The molecule has 102 valence electrons. The average Bonchev–Trinajstić information content (AvgIpc) is 2.52. The van der Waals surface area contributed by atoms with Crippen molar-refractivity contribution in [1.29, 1.82) is 0 Å². The van der Waals surface area contributed by atoms with E-state index in [9.17, 15) is 0 Å². The lowest BCUT2D eigenvalue weighted by molar-refractivity contribution is 0.0914. The molecule has 1 fully saturated rings. The van der Waals surface area contributed by atoms with Crippen LogP contribution in [0.1, 0.15) is 45.4 Å². The lowest BCUT2D eigenvalue weighted by Gasteiger charge is -2.41. The van der Waals surface area contributed by atoms with Gasteiger partial charge in [-0.2, -0.15) is 0 Å². The number of likely N-dealkylation sites (N-methyl/N-ethyl adjacent to an activating group) is 1. The molecule has 17 heavy (non-hydrogen) atoms. The summed E-state index contributed by atoms with van der Waals surface area (Å²) in [6.45, 7) is 5.11. The van der Waals surface area contributed by atoms with Gasteiger partial charge in [0.15, 0.2) is 0 Å². The van der Waals surface area contributed by atoms with Crippen LogP contribution in [0.4, 0.5) is 0 Å². The number of rotatable bonds is 6. The molecule has 3 heteroatoms. The van der Waals surface area contributed by atoms with Gasteiger partial charge in [0.05, 0.1) is 0 Å². The molecular formula is C14H30N2O. The second-order valence-corrected chi connectivity index (χ2v) is 5.73. The number of methoxy groups -OCH3 is 1. The van der Waals surface area contributed by atoms with Gasteiger partial charge >= 0.3 is 0 Å². The molecule has 0 spiro atoms. The van der Waals surface area contributed by atoms with Gasteiger partial charge in [0.1, 0.15) is 0 Å². The minimum atomic E-state index is 0.249. The summed E-state index contributed by atoms with van der Waals surface area (Å²) in [5, 5.41) is 0. The largest absolute Gasteiger partial charge is 0.385 e. The topological polar surface area (TPSA) is 38.5 Å². The fourth-order valence-corrected chi connectivity index (χ4v) is 2.99. The normalized spacial score (nSPS) is 30.5. The maximum atomic E-state index is 6.09. The fraction of sp³-hybridized carbons (Fsp3) is 1.00. The first kappa shape index (κ1) is 14.9. The van der Waals surface area contributed by atoms with Crippen LogP contribution < -0.4 is 5.73 Å². The second kappa shape index (κ2) is 7.34. The molecule has 1 aliphatic carbocycles. The molecule has 0 bridgehead atoms. The maximum absolute atomic E-state index is 6.09. The van der Waals surface area contributed by atoms with Crippen LogP contribution in [0.15, 0.2) is 0 Å². The van der Waals surface area contributed by atoms with Crippen molar-refractivity contribution < 1.29 is 4.74 Å². The first-order valence-electron chi connectivity index (χ1n) is 7.05. The molecule has 0 radical (unpaired) electrons. The van der Waals surface area contributed by atoms with Crippen molar-refractivity contribution in [1.82, 2.24) is 4.90 Å². The highest BCUT2D eigenvalue weighted by atomic mass is 16.5. The van der Waals surface area contributed by atoms with E-state index in [1.807, 2.05) is 0 Å². The molecule has 1 rings (SSSR count). The smallest absolute Gasteiger partial charge is 0.0474 e. The third-order valence-electron chi connectivity index (χ3n) is 4.47. The van der Waals surface area contributed by atoms with Crippen LogP contribution in [0.5, 0.6) is 0 Å². The van der Waals surface area contributed by atoms with Gasteiger partial charge in [-0.15, -0.1) is 0 Å². The Morgan fingerprint density at radius 1 is 1.35 bits per heavy atom. The molecule has 0 aromatic rings. The zero-order valence-corrected chi connectivity index (χ0v) is 11.9. The second-order valence-electron chi connectivity index (χ2n) is 5.73. The van der Waals surface area contributed by atoms with Crippen LogP contribution >= 0.6 is 0 Å². The Morgan fingerprint density at radius 2 is 2.12 bits per heavy atom. The Kier molecular flexibility index (Phi) is 6.45. The van der Waals surface area contributed by atoms with Crippen LogP contribution in [0, 0.1) is 5.92 Å². The Hall–Kier alpha value is -0.120. The zero-order chi connectivity index (χ0) is 12.7. The molecule has 0 aromatic carbocycles. The molecule has 2 atom stereocenters. The predicted octanol–water partition coefficient (Wildman–Crippen LogP) is 2.25. The molecular weight excluding hydrogens is 212 g/mol. The number of hydrogen-bond donors (Lipinski definition) is 1. The van der Waals surface area contributed by atoms with E-state index in [0.717, 1.165) is 32.0 Å². The van der Waals surface area contributed by atoms with Gasteiger partial charge in [-0.25, -0.2) is 0 Å². The summed E-state index contributed by atoms with van der Waals surface area (Å²) < 4.78 is 5.13. The first-order valence-corrected chi connectivity index (χ1v) is 7.05. The molecule has 2 unspecified atom stereocenters. The summed E-state index contributed by atoms with van der Waals surface area (Å²) in [7, 11) is 4.00. The summed E-state index contributed by atoms with van der Waals surface area (Å²) in [6, 6.07) is 0. The maximum Gasteiger partial charge on any atom is 0.0474 e. The van der Waals surface area contributed by atoms with Crippen molar-refractivity contribution in [3.63, 3.8) is 0 Å². The number of ether oxygens (including phenoxy) is 1. The predicted molar refractivity (Wildman–Crippen MR) is 73.2 cm³/mol. The molecule has 0 heterocycles. The van der Waals surface area contributed by atoms with Gasteiger partial charge in [0.2, 0.25) is 0 Å². The van der Waals surface area contributed by atoms with E-state index in [0.29, 0.717) is 0 Å². The molecule has 0 aromatic heterocycles. The summed E-state index contributed by atoms with van der Waals surface area (Å²) in [5.74, 6) is 0.871. The molecule has 0 saturated heterocycles. The quantitative estimate of drug-likeness (QED) is 0.573. The van der Waals surface area contributed by atoms with Gasteiger partial charge < -0.3 is 10.5 Å². The van der Waals surface area contributed by atoms with E-state index >= 15 is 0 Å². The Morgan fingerprint density at radius 3 is 2.76 bits per heavy atom. The molecule has 1 saturated carbocycles.